The summed E-state index contributed by atoms with van der Waals surface area (Å²) in [4.78, 5) is 13.4. The van der Waals surface area contributed by atoms with Gasteiger partial charge < -0.3 is 10.6 Å². The van der Waals surface area contributed by atoms with E-state index in [9.17, 15) is 18.0 Å². The van der Waals surface area contributed by atoms with Crippen LogP contribution in [-0.2, 0) is 4.79 Å². The molecule has 0 radical (unpaired) electrons. The minimum absolute atomic E-state index is 0.000905. The zero-order valence-corrected chi connectivity index (χ0v) is 10.1. The molecule has 1 saturated heterocycles. The van der Waals surface area contributed by atoms with Crippen molar-refractivity contribution in [2.45, 2.75) is 38.9 Å². The van der Waals surface area contributed by atoms with Crippen molar-refractivity contribution in [3.63, 3.8) is 0 Å². The van der Waals surface area contributed by atoms with Crippen LogP contribution in [-0.4, -0.2) is 36.1 Å². The Bertz CT molecular complexity index is 270. The highest BCUT2D eigenvalue weighted by Gasteiger charge is 2.42. The lowest BCUT2D eigenvalue weighted by Crippen LogP contribution is -2.47. The third-order valence-electron chi connectivity index (χ3n) is 3.45. The smallest absolute Gasteiger partial charge is 0.342 e. The molecule has 3 nitrogen and oxygen atoms in total. The first kappa shape index (κ1) is 14.3. The second-order valence-electron chi connectivity index (χ2n) is 4.79. The number of rotatable bonds is 2. The highest BCUT2D eigenvalue weighted by molar-refractivity contribution is 5.79. The summed E-state index contributed by atoms with van der Waals surface area (Å²) in [5.41, 5.74) is 5.61. The number of amides is 1. The lowest BCUT2D eigenvalue weighted by atomic mass is 9.94. The standard InChI is InChI=1S/C11H19F3N2O/c1-7(8(2)15)10(17)16-5-3-9(4-6-16)11(12,13)14/h7-9H,3-6,15H2,1-2H3. The number of piperidine rings is 1. The van der Waals surface area contributed by atoms with Gasteiger partial charge in [0, 0.05) is 19.1 Å². The van der Waals surface area contributed by atoms with E-state index in [1.54, 1.807) is 13.8 Å². The Morgan fingerprint density at radius 1 is 1.29 bits per heavy atom. The minimum Gasteiger partial charge on any atom is -0.342 e. The third kappa shape index (κ3) is 3.59. The molecule has 2 N–H and O–H groups in total. The topological polar surface area (TPSA) is 46.3 Å². The molecule has 1 amide bonds. The van der Waals surface area contributed by atoms with Crippen molar-refractivity contribution >= 4 is 5.91 Å². The van der Waals surface area contributed by atoms with Crippen molar-refractivity contribution in [1.29, 1.82) is 0 Å². The highest BCUT2D eigenvalue weighted by Crippen LogP contribution is 2.34. The summed E-state index contributed by atoms with van der Waals surface area (Å²) in [6.07, 6.45) is -4.14. The molecule has 2 atom stereocenters. The summed E-state index contributed by atoms with van der Waals surface area (Å²) in [6, 6.07) is -0.275. The Hall–Kier alpha value is -0.780. The van der Waals surface area contributed by atoms with E-state index in [2.05, 4.69) is 0 Å². The van der Waals surface area contributed by atoms with Gasteiger partial charge in [0.05, 0.1) is 11.8 Å². The molecule has 1 rings (SSSR count). The third-order valence-corrected chi connectivity index (χ3v) is 3.45. The molecule has 1 fully saturated rings. The van der Waals surface area contributed by atoms with E-state index in [-0.39, 0.29) is 43.8 Å². The number of carbonyl (C=O) groups is 1. The molecule has 0 aliphatic carbocycles. The van der Waals surface area contributed by atoms with Gasteiger partial charge in [-0.2, -0.15) is 13.2 Å². The van der Waals surface area contributed by atoms with Gasteiger partial charge >= 0.3 is 6.18 Å². The van der Waals surface area contributed by atoms with Crippen LogP contribution in [0.5, 0.6) is 0 Å². The summed E-state index contributed by atoms with van der Waals surface area (Å²) in [5.74, 6) is -1.74. The number of nitrogens with zero attached hydrogens (tertiary/aromatic N) is 1. The van der Waals surface area contributed by atoms with Gasteiger partial charge in [-0.1, -0.05) is 6.92 Å². The first-order chi connectivity index (χ1) is 7.73. The van der Waals surface area contributed by atoms with Gasteiger partial charge in [0.15, 0.2) is 0 Å². The second kappa shape index (κ2) is 5.25. The zero-order valence-electron chi connectivity index (χ0n) is 10.1. The predicted octanol–water partition coefficient (Wildman–Crippen LogP) is 1.77. The van der Waals surface area contributed by atoms with Crippen molar-refractivity contribution in [2.75, 3.05) is 13.1 Å². The van der Waals surface area contributed by atoms with Crippen LogP contribution in [0.4, 0.5) is 13.2 Å². The highest BCUT2D eigenvalue weighted by atomic mass is 19.4. The molecule has 0 aromatic heterocycles. The van der Waals surface area contributed by atoms with E-state index in [0.717, 1.165) is 0 Å². The maximum atomic E-state index is 12.4. The Kier molecular flexibility index (Phi) is 4.41. The van der Waals surface area contributed by atoms with Gasteiger partial charge in [0.2, 0.25) is 5.91 Å². The molecular formula is C11H19F3N2O. The number of likely N-dealkylation sites (tertiary alicyclic amines) is 1. The fourth-order valence-corrected chi connectivity index (χ4v) is 1.94. The molecule has 0 aromatic rings. The van der Waals surface area contributed by atoms with Crippen LogP contribution in [0.1, 0.15) is 26.7 Å². The summed E-state index contributed by atoms with van der Waals surface area (Å²) in [7, 11) is 0. The van der Waals surface area contributed by atoms with Crippen molar-refractivity contribution in [1.82, 2.24) is 4.90 Å². The minimum atomic E-state index is -4.14. The van der Waals surface area contributed by atoms with Gasteiger partial charge in [-0.25, -0.2) is 0 Å². The fraction of sp³-hybridized carbons (Fsp3) is 0.909. The zero-order chi connectivity index (χ0) is 13.2. The number of nitrogens with two attached hydrogens (primary N) is 1. The Morgan fingerprint density at radius 3 is 2.12 bits per heavy atom. The number of carbonyl (C=O) groups excluding carboxylic acids is 1. The van der Waals surface area contributed by atoms with Crippen LogP contribution in [0, 0.1) is 11.8 Å². The summed E-state index contributed by atoms with van der Waals surface area (Å²) < 4.78 is 37.3. The Morgan fingerprint density at radius 2 is 1.76 bits per heavy atom. The Labute approximate surface area is 99.1 Å². The van der Waals surface area contributed by atoms with Gasteiger partial charge in [0.1, 0.15) is 0 Å². The van der Waals surface area contributed by atoms with E-state index >= 15 is 0 Å². The normalized spacial score (nSPS) is 22.4. The van der Waals surface area contributed by atoms with E-state index in [0.29, 0.717) is 0 Å². The molecule has 0 saturated carbocycles. The van der Waals surface area contributed by atoms with Crippen molar-refractivity contribution in [2.24, 2.45) is 17.6 Å². The number of hydrogen-bond acceptors (Lipinski definition) is 2. The van der Waals surface area contributed by atoms with Gasteiger partial charge in [-0.3, -0.25) is 4.79 Å². The molecule has 1 aliphatic rings. The molecule has 1 aliphatic heterocycles. The monoisotopic (exact) mass is 252 g/mol. The fourth-order valence-electron chi connectivity index (χ4n) is 1.94. The molecule has 17 heavy (non-hydrogen) atoms. The van der Waals surface area contributed by atoms with Crippen LogP contribution >= 0.6 is 0 Å². The van der Waals surface area contributed by atoms with Gasteiger partial charge in [-0.05, 0) is 19.8 Å². The van der Waals surface area contributed by atoms with Crippen LogP contribution < -0.4 is 5.73 Å². The second-order valence-corrected chi connectivity index (χ2v) is 4.79. The molecule has 100 valence electrons. The molecule has 6 heteroatoms. The van der Waals surface area contributed by atoms with Gasteiger partial charge in [-0.15, -0.1) is 0 Å². The van der Waals surface area contributed by atoms with E-state index in [4.69, 9.17) is 5.73 Å². The van der Waals surface area contributed by atoms with Crippen LogP contribution in [0.3, 0.4) is 0 Å². The Balaban J connectivity index is 2.50. The molecule has 2 unspecified atom stereocenters. The SMILES string of the molecule is CC(N)C(C)C(=O)N1CCC(C(F)(F)F)CC1. The average Bonchev–Trinajstić information content (AvgIpc) is 2.26. The summed E-state index contributed by atoms with van der Waals surface area (Å²) >= 11 is 0. The van der Waals surface area contributed by atoms with E-state index in [1.807, 2.05) is 0 Å². The molecule has 1 heterocycles. The van der Waals surface area contributed by atoms with Crippen LogP contribution in [0.2, 0.25) is 0 Å². The lowest BCUT2D eigenvalue weighted by Gasteiger charge is -2.34. The summed E-state index contributed by atoms with van der Waals surface area (Å²) in [6.45, 7) is 3.80. The van der Waals surface area contributed by atoms with Crippen LogP contribution in [0.15, 0.2) is 0 Å². The van der Waals surface area contributed by atoms with Crippen molar-refractivity contribution < 1.29 is 18.0 Å². The average molecular weight is 252 g/mol. The van der Waals surface area contributed by atoms with Crippen molar-refractivity contribution in [3.8, 4) is 0 Å². The lowest BCUT2D eigenvalue weighted by molar-refractivity contribution is -0.187. The quantitative estimate of drug-likeness (QED) is 0.814. The molecule has 0 bridgehead atoms. The summed E-state index contributed by atoms with van der Waals surface area (Å²) in [5, 5.41) is 0. The molecule has 0 spiro atoms. The first-order valence-corrected chi connectivity index (χ1v) is 5.84. The van der Waals surface area contributed by atoms with E-state index < -0.39 is 12.1 Å². The largest absolute Gasteiger partial charge is 0.391 e. The van der Waals surface area contributed by atoms with Crippen molar-refractivity contribution in [3.05, 3.63) is 0 Å². The number of hydrogen-bond donors (Lipinski definition) is 1. The number of alkyl halides is 3. The maximum absolute atomic E-state index is 12.4. The first-order valence-electron chi connectivity index (χ1n) is 5.84. The van der Waals surface area contributed by atoms with E-state index in [1.165, 1.54) is 4.90 Å². The molecule has 0 aromatic carbocycles. The number of halogens is 3. The predicted molar refractivity (Wildman–Crippen MR) is 58.2 cm³/mol. The maximum Gasteiger partial charge on any atom is 0.391 e. The van der Waals surface area contributed by atoms with Crippen LogP contribution in [0.25, 0.3) is 0 Å². The molecular weight excluding hydrogens is 233 g/mol. The van der Waals surface area contributed by atoms with Gasteiger partial charge in [0.25, 0.3) is 0 Å².